The maximum absolute atomic E-state index is 11.5. The lowest BCUT2D eigenvalue weighted by Crippen LogP contribution is -2.34. The predicted molar refractivity (Wildman–Crippen MR) is 86.3 cm³/mol. The average molecular weight is 308 g/mol. The zero-order chi connectivity index (χ0) is 15.6. The van der Waals surface area contributed by atoms with Gasteiger partial charge in [-0.3, -0.25) is 4.68 Å². The van der Waals surface area contributed by atoms with Crippen LogP contribution in [0.1, 0.15) is 23.7 Å². The van der Waals surface area contributed by atoms with Crippen LogP contribution in [0.3, 0.4) is 0 Å². The Labute approximate surface area is 128 Å². The number of carbonyl (C=O) groups is 1. The van der Waals surface area contributed by atoms with E-state index >= 15 is 0 Å². The van der Waals surface area contributed by atoms with E-state index in [4.69, 9.17) is 0 Å². The Morgan fingerprint density at radius 2 is 2.24 bits per heavy atom. The fourth-order valence-corrected chi connectivity index (χ4v) is 3.34. The number of nitrogens with zero attached hydrogens (tertiary/aromatic N) is 4. The topological polar surface area (TPSA) is 71.2 Å². The van der Waals surface area contributed by atoms with E-state index in [-0.39, 0.29) is 11.6 Å². The van der Waals surface area contributed by atoms with Crippen LogP contribution in [0.25, 0.3) is 11.0 Å². The molecule has 1 unspecified atom stereocenters. The van der Waals surface area contributed by atoms with E-state index in [0.717, 1.165) is 17.6 Å². The van der Waals surface area contributed by atoms with Crippen molar-refractivity contribution in [2.24, 2.45) is 7.05 Å². The number of rotatable bonds is 6. The molecule has 1 atom stereocenters. The molecule has 0 radical (unpaired) electrons. The molecular weight excluding hydrogens is 288 g/mol. The van der Waals surface area contributed by atoms with Crippen molar-refractivity contribution in [3.63, 3.8) is 0 Å². The minimum Gasteiger partial charge on any atom is -0.478 e. The summed E-state index contributed by atoms with van der Waals surface area (Å²) >= 11 is 1.76. The van der Waals surface area contributed by atoms with Gasteiger partial charge in [-0.05, 0) is 12.7 Å². The first-order valence-electron chi connectivity index (χ1n) is 6.77. The molecule has 7 heteroatoms. The number of aromatic carboxylic acids is 1. The highest BCUT2D eigenvalue weighted by Crippen LogP contribution is 2.31. The first-order valence-corrected chi connectivity index (χ1v) is 8.16. The van der Waals surface area contributed by atoms with Crippen LogP contribution in [-0.2, 0) is 7.05 Å². The third-order valence-corrected chi connectivity index (χ3v) is 4.41. The van der Waals surface area contributed by atoms with Gasteiger partial charge in [-0.2, -0.15) is 16.9 Å². The number of pyridine rings is 1. The lowest BCUT2D eigenvalue weighted by atomic mass is 10.1. The Morgan fingerprint density at radius 1 is 1.52 bits per heavy atom. The van der Waals surface area contributed by atoms with Gasteiger partial charge in [0.1, 0.15) is 5.56 Å². The molecule has 2 aromatic rings. The smallest absolute Gasteiger partial charge is 0.339 e. The minimum atomic E-state index is -0.964. The second kappa shape index (κ2) is 6.34. The first-order chi connectivity index (χ1) is 10.0. The summed E-state index contributed by atoms with van der Waals surface area (Å²) in [6, 6.07) is 0.268. The van der Waals surface area contributed by atoms with Gasteiger partial charge < -0.3 is 10.0 Å². The van der Waals surface area contributed by atoms with E-state index in [2.05, 4.69) is 23.3 Å². The maximum Gasteiger partial charge on any atom is 0.339 e. The highest BCUT2D eigenvalue weighted by molar-refractivity contribution is 7.98. The van der Waals surface area contributed by atoms with Crippen molar-refractivity contribution in [1.29, 1.82) is 0 Å². The van der Waals surface area contributed by atoms with Crippen LogP contribution < -0.4 is 4.90 Å². The molecule has 0 aromatic carbocycles. The number of hydrogen-bond acceptors (Lipinski definition) is 5. The SMILES string of the molecule is CCC(CSC)N(C)c1c(C(=O)O)cnc2c1cnn2C. The predicted octanol–water partition coefficient (Wildman–Crippen LogP) is 2.24. The van der Waals surface area contributed by atoms with Crippen molar-refractivity contribution in [2.75, 3.05) is 24.0 Å². The van der Waals surface area contributed by atoms with Crippen LogP contribution in [-0.4, -0.2) is 50.9 Å². The van der Waals surface area contributed by atoms with E-state index < -0.39 is 5.97 Å². The van der Waals surface area contributed by atoms with Crippen LogP contribution in [0.5, 0.6) is 0 Å². The van der Waals surface area contributed by atoms with Gasteiger partial charge in [0.2, 0.25) is 0 Å². The van der Waals surface area contributed by atoms with E-state index in [0.29, 0.717) is 11.3 Å². The van der Waals surface area contributed by atoms with Crippen molar-refractivity contribution < 1.29 is 9.90 Å². The van der Waals surface area contributed by atoms with Crippen LogP contribution in [0.4, 0.5) is 5.69 Å². The third-order valence-electron chi connectivity index (χ3n) is 3.69. The molecule has 2 rings (SSSR count). The Balaban J connectivity index is 2.63. The van der Waals surface area contributed by atoms with Crippen LogP contribution >= 0.6 is 11.8 Å². The van der Waals surface area contributed by atoms with Crippen molar-refractivity contribution >= 4 is 34.5 Å². The highest BCUT2D eigenvalue weighted by atomic mass is 32.2. The summed E-state index contributed by atoms with van der Waals surface area (Å²) in [6.45, 7) is 2.11. The molecule has 0 aliphatic carbocycles. The normalized spacial score (nSPS) is 12.6. The van der Waals surface area contributed by atoms with Gasteiger partial charge in [0, 0.05) is 32.1 Å². The molecule has 0 fully saturated rings. The molecular formula is C14H20N4O2S. The third kappa shape index (κ3) is 2.83. The largest absolute Gasteiger partial charge is 0.478 e. The summed E-state index contributed by atoms with van der Waals surface area (Å²) < 4.78 is 1.66. The lowest BCUT2D eigenvalue weighted by molar-refractivity contribution is 0.0697. The number of fused-ring (bicyclic) bond motifs is 1. The number of thioether (sulfide) groups is 1. The molecule has 2 aromatic heterocycles. The van der Waals surface area contributed by atoms with Crippen molar-refractivity contribution in [3.05, 3.63) is 18.0 Å². The first kappa shape index (κ1) is 15.6. The second-order valence-electron chi connectivity index (χ2n) is 4.96. The number of carboxylic acid groups (broad SMARTS) is 1. The number of anilines is 1. The van der Waals surface area contributed by atoms with Crippen molar-refractivity contribution in [1.82, 2.24) is 14.8 Å². The molecule has 0 bridgehead atoms. The number of carboxylic acids is 1. The van der Waals surface area contributed by atoms with Crippen LogP contribution in [0, 0.1) is 0 Å². The molecule has 1 N–H and O–H groups in total. The molecule has 21 heavy (non-hydrogen) atoms. The van der Waals surface area contributed by atoms with Gasteiger partial charge in [0.15, 0.2) is 5.65 Å². The Morgan fingerprint density at radius 3 is 2.81 bits per heavy atom. The van der Waals surface area contributed by atoms with Gasteiger partial charge in [-0.1, -0.05) is 6.92 Å². The number of aromatic nitrogens is 3. The molecule has 114 valence electrons. The number of aryl methyl sites for hydroxylation is 1. The summed E-state index contributed by atoms with van der Waals surface area (Å²) in [6.07, 6.45) is 6.11. The van der Waals surface area contributed by atoms with Crippen LogP contribution in [0.2, 0.25) is 0 Å². The fraction of sp³-hybridized carbons (Fsp3) is 0.500. The zero-order valence-electron chi connectivity index (χ0n) is 12.7. The highest BCUT2D eigenvalue weighted by Gasteiger charge is 2.23. The Kier molecular flexibility index (Phi) is 4.72. The Bertz CT molecular complexity index is 656. The molecule has 0 saturated heterocycles. The molecule has 0 amide bonds. The average Bonchev–Trinajstić information content (AvgIpc) is 2.84. The van der Waals surface area contributed by atoms with E-state index in [1.165, 1.54) is 6.20 Å². The second-order valence-corrected chi connectivity index (χ2v) is 5.87. The van der Waals surface area contributed by atoms with Crippen molar-refractivity contribution in [2.45, 2.75) is 19.4 Å². The number of hydrogen-bond donors (Lipinski definition) is 1. The molecule has 0 saturated carbocycles. The quantitative estimate of drug-likeness (QED) is 0.882. The molecule has 6 nitrogen and oxygen atoms in total. The van der Waals surface area contributed by atoms with Crippen molar-refractivity contribution in [3.8, 4) is 0 Å². The standard InChI is InChI=1S/C14H20N4O2S/c1-5-9(8-21-4)17(2)12-10-7-16-18(3)13(10)15-6-11(12)14(19)20/h6-7,9H,5,8H2,1-4H3,(H,19,20). The van der Waals surface area contributed by atoms with Crippen LogP contribution in [0.15, 0.2) is 12.4 Å². The summed E-state index contributed by atoms with van der Waals surface area (Å²) in [5, 5.41) is 14.4. The van der Waals surface area contributed by atoms with E-state index in [1.807, 2.05) is 11.9 Å². The van der Waals surface area contributed by atoms with E-state index in [1.54, 1.807) is 29.7 Å². The summed E-state index contributed by atoms with van der Waals surface area (Å²) in [5.41, 5.74) is 1.61. The monoisotopic (exact) mass is 308 g/mol. The summed E-state index contributed by atoms with van der Waals surface area (Å²) in [4.78, 5) is 17.8. The van der Waals surface area contributed by atoms with Gasteiger partial charge in [-0.15, -0.1) is 0 Å². The van der Waals surface area contributed by atoms with Gasteiger partial charge in [-0.25, -0.2) is 9.78 Å². The Hall–Kier alpha value is -1.76. The maximum atomic E-state index is 11.5. The molecule has 0 aliphatic heterocycles. The minimum absolute atomic E-state index is 0.220. The summed E-state index contributed by atoms with van der Waals surface area (Å²) in [5.74, 6) is -0.0232. The fourth-order valence-electron chi connectivity index (χ4n) is 2.50. The van der Waals surface area contributed by atoms with E-state index in [9.17, 15) is 9.90 Å². The van der Waals surface area contributed by atoms with Gasteiger partial charge in [0.25, 0.3) is 0 Å². The lowest BCUT2D eigenvalue weighted by Gasteiger charge is -2.30. The molecule has 0 aliphatic rings. The van der Waals surface area contributed by atoms with Gasteiger partial charge in [0.05, 0.1) is 17.3 Å². The summed E-state index contributed by atoms with van der Waals surface area (Å²) in [7, 11) is 3.75. The zero-order valence-corrected chi connectivity index (χ0v) is 13.5. The van der Waals surface area contributed by atoms with Gasteiger partial charge >= 0.3 is 5.97 Å². The molecule has 0 spiro atoms. The molecule has 2 heterocycles.